The second-order valence-corrected chi connectivity index (χ2v) is 2.95. The molecule has 0 bridgehead atoms. The molecule has 1 aromatic rings. The number of thiocarbonyl (C=S) groups is 1. The van der Waals surface area contributed by atoms with Crippen LogP contribution < -0.4 is 10.7 Å². The van der Waals surface area contributed by atoms with Crippen LogP contribution in [0.3, 0.4) is 0 Å². The van der Waals surface area contributed by atoms with Crippen LogP contribution >= 0.6 is 12.2 Å². The van der Waals surface area contributed by atoms with Crippen molar-refractivity contribution in [1.82, 2.24) is 10.7 Å². The van der Waals surface area contributed by atoms with Crippen LogP contribution in [0, 0.1) is 0 Å². The van der Waals surface area contributed by atoms with Crippen LogP contribution in [0.5, 0.6) is 5.75 Å². The first-order valence-corrected chi connectivity index (χ1v) is 4.43. The molecule has 0 fully saturated rings. The number of hydrazone groups is 1. The molecule has 0 radical (unpaired) electrons. The Labute approximate surface area is 87.6 Å². The molecule has 3 N–H and O–H groups in total. The summed E-state index contributed by atoms with van der Waals surface area (Å²) in [5.74, 6) is 0.237. The molecule has 0 heterocycles. The van der Waals surface area contributed by atoms with E-state index in [1.807, 2.05) is 0 Å². The van der Waals surface area contributed by atoms with Crippen molar-refractivity contribution in [2.45, 2.75) is 0 Å². The van der Waals surface area contributed by atoms with Gasteiger partial charge in [-0.1, -0.05) is 0 Å². The predicted octanol–water partition coefficient (Wildman–Crippen LogP) is 0.820. The lowest BCUT2D eigenvalue weighted by molar-refractivity contribution is 0.475. The van der Waals surface area contributed by atoms with Crippen molar-refractivity contribution in [3.63, 3.8) is 0 Å². The number of benzene rings is 1. The third kappa shape index (κ3) is 3.40. The maximum Gasteiger partial charge on any atom is 0.186 e. The maximum atomic E-state index is 9.02. The van der Waals surface area contributed by atoms with Crippen molar-refractivity contribution in [2.75, 3.05) is 7.05 Å². The molecule has 5 heteroatoms. The van der Waals surface area contributed by atoms with Crippen LogP contribution in [0.2, 0.25) is 0 Å². The second kappa shape index (κ2) is 5.18. The quantitative estimate of drug-likeness (QED) is 0.383. The van der Waals surface area contributed by atoms with Crippen LogP contribution in [0.25, 0.3) is 0 Å². The predicted molar refractivity (Wildman–Crippen MR) is 60.5 cm³/mol. The minimum absolute atomic E-state index is 0.237. The normalized spacial score (nSPS) is 10.1. The van der Waals surface area contributed by atoms with E-state index in [0.29, 0.717) is 5.11 Å². The van der Waals surface area contributed by atoms with Gasteiger partial charge in [0.1, 0.15) is 5.75 Å². The summed E-state index contributed by atoms with van der Waals surface area (Å²) in [5.41, 5.74) is 3.51. The van der Waals surface area contributed by atoms with E-state index >= 15 is 0 Å². The minimum atomic E-state index is 0.237. The van der Waals surface area contributed by atoms with Crippen LogP contribution in [0.15, 0.2) is 29.4 Å². The molecular weight excluding hydrogens is 198 g/mol. The molecule has 0 aromatic heterocycles. The standard InChI is InChI=1S/C9H11N3OS/c1-10-9(14)12-11-6-7-2-4-8(13)5-3-7/h2-6,13H,1H3,(H2,10,12,14)/b11-6+. The molecule has 0 amide bonds. The highest BCUT2D eigenvalue weighted by atomic mass is 32.1. The van der Waals surface area contributed by atoms with E-state index in [1.165, 1.54) is 0 Å². The van der Waals surface area contributed by atoms with Gasteiger partial charge in [0.15, 0.2) is 5.11 Å². The number of aromatic hydroxyl groups is 1. The monoisotopic (exact) mass is 209 g/mol. The van der Waals surface area contributed by atoms with Gasteiger partial charge in [0.25, 0.3) is 0 Å². The smallest absolute Gasteiger partial charge is 0.186 e. The Hall–Kier alpha value is -1.62. The molecule has 1 rings (SSSR count). The first-order chi connectivity index (χ1) is 6.72. The zero-order chi connectivity index (χ0) is 10.4. The second-order valence-electron chi connectivity index (χ2n) is 2.54. The van der Waals surface area contributed by atoms with Crippen LogP contribution in [-0.2, 0) is 0 Å². The third-order valence-electron chi connectivity index (χ3n) is 1.50. The van der Waals surface area contributed by atoms with Crippen molar-refractivity contribution in [3.8, 4) is 5.75 Å². The molecule has 0 saturated heterocycles. The molecule has 0 unspecified atom stereocenters. The Bertz CT molecular complexity index is 334. The van der Waals surface area contributed by atoms with E-state index in [1.54, 1.807) is 37.5 Å². The highest BCUT2D eigenvalue weighted by Crippen LogP contribution is 2.07. The fourth-order valence-electron chi connectivity index (χ4n) is 0.782. The molecule has 0 spiro atoms. The average Bonchev–Trinajstić information content (AvgIpc) is 2.21. The number of rotatable bonds is 2. The average molecular weight is 209 g/mol. The molecule has 0 saturated carbocycles. The Morgan fingerprint density at radius 1 is 1.43 bits per heavy atom. The summed E-state index contributed by atoms with van der Waals surface area (Å²) < 4.78 is 0. The molecule has 0 aliphatic carbocycles. The topological polar surface area (TPSA) is 56.7 Å². The lowest BCUT2D eigenvalue weighted by atomic mass is 10.2. The van der Waals surface area contributed by atoms with Gasteiger partial charge < -0.3 is 10.4 Å². The van der Waals surface area contributed by atoms with Gasteiger partial charge in [0.2, 0.25) is 0 Å². The van der Waals surface area contributed by atoms with E-state index in [9.17, 15) is 0 Å². The molecule has 74 valence electrons. The summed E-state index contributed by atoms with van der Waals surface area (Å²) in [5, 5.41) is 16.1. The molecular formula is C9H11N3OS. The molecule has 1 aromatic carbocycles. The summed E-state index contributed by atoms with van der Waals surface area (Å²) in [6, 6.07) is 6.70. The number of hydrogen-bond acceptors (Lipinski definition) is 3. The SMILES string of the molecule is CNC(=S)N/N=C/c1ccc(O)cc1. The Balaban J connectivity index is 2.52. The van der Waals surface area contributed by atoms with Gasteiger partial charge in [0, 0.05) is 7.05 Å². The summed E-state index contributed by atoms with van der Waals surface area (Å²) in [6.07, 6.45) is 1.61. The zero-order valence-corrected chi connectivity index (χ0v) is 8.51. The number of hydrogen-bond donors (Lipinski definition) is 3. The minimum Gasteiger partial charge on any atom is -0.508 e. The van der Waals surface area contributed by atoms with Crippen molar-refractivity contribution in [2.24, 2.45) is 5.10 Å². The summed E-state index contributed by atoms with van der Waals surface area (Å²) >= 11 is 4.82. The molecule has 0 aliphatic heterocycles. The Morgan fingerprint density at radius 3 is 2.64 bits per heavy atom. The third-order valence-corrected chi connectivity index (χ3v) is 1.80. The van der Waals surface area contributed by atoms with Gasteiger partial charge >= 0.3 is 0 Å². The van der Waals surface area contributed by atoms with Crippen molar-refractivity contribution < 1.29 is 5.11 Å². The fourth-order valence-corrected chi connectivity index (χ4v) is 0.834. The number of nitrogens with zero attached hydrogens (tertiary/aromatic N) is 1. The van der Waals surface area contributed by atoms with Crippen LogP contribution in [0.4, 0.5) is 0 Å². The lowest BCUT2D eigenvalue weighted by Gasteiger charge is -1.99. The molecule has 14 heavy (non-hydrogen) atoms. The molecule has 0 atom stereocenters. The molecule has 0 aliphatic rings. The first-order valence-electron chi connectivity index (χ1n) is 4.02. The van der Waals surface area contributed by atoms with Crippen LogP contribution in [-0.4, -0.2) is 23.5 Å². The van der Waals surface area contributed by atoms with Crippen LogP contribution in [0.1, 0.15) is 5.56 Å². The summed E-state index contributed by atoms with van der Waals surface area (Å²) in [4.78, 5) is 0. The van der Waals surface area contributed by atoms with E-state index in [0.717, 1.165) is 5.56 Å². The number of phenolic OH excluding ortho intramolecular Hbond substituents is 1. The lowest BCUT2D eigenvalue weighted by Crippen LogP contribution is -2.28. The highest BCUT2D eigenvalue weighted by molar-refractivity contribution is 7.80. The zero-order valence-electron chi connectivity index (χ0n) is 7.69. The van der Waals surface area contributed by atoms with Gasteiger partial charge in [-0.05, 0) is 42.0 Å². The van der Waals surface area contributed by atoms with Gasteiger partial charge in [-0.3, -0.25) is 5.43 Å². The largest absolute Gasteiger partial charge is 0.508 e. The number of phenols is 1. The van der Waals surface area contributed by atoms with Gasteiger partial charge in [-0.2, -0.15) is 5.10 Å². The van der Waals surface area contributed by atoms with E-state index < -0.39 is 0 Å². The Morgan fingerprint density at radius 2 is 2.07 bits per heavy atom. The molecule has 4 nitrogen and oxygen atoms in total. The summed E-state index contributed by atoms with van der Waals surface area (Å²) in [6.45, 7) is 0. The fraction of sp³-hybridized carbons (Fsp3) is 0.111. The van der Waals surface area contributed by atoms with Gasteiger partial charge in [-0.25, -0.2) is 0 Å². The van der Waals surface area contributed by atoms with Gasteiger partial charge in [-0.15, -0.1) is 0 Å². The summed E-state index contributed by atoms with van der Waals surface area (Å²) in [7, 11) is 1.71. The maximum absolute atomic E-state index is 9.02. The van der Waals surface area contributed by atoms with E-state index in [-0.39, 0.29) is 5.75 Å². The van der Waals surface area contributed by atoms with Crippen molar-refractivity contribution in [1.29, 1.82) is 0 Å². The Kier molecular flexibility index (Phi) is 3.87. The highest BCUT2D eigenvalue weighted by Gasteiger charge is 1.89. The van der Waals surface area contributed by atoms with E-state index in [4.69, 9.17) is 17.3 Å². The van der Waals surface area contributed by atoms with Crippen molar-refractivity contribution >= 4 is 23.5 Å². The van der Waals surface area contributed by atoms with E-state index in [2.05, 4.69) is 15.8 Å². The van der Waals surface area contributed by atoms with Crippen molar-refractivity contribution in [3.05, 3.63) is 29.8 Å². The first kappa shape index (κ1) is 10.5. The van der Waals surface area contributed by atoms with Gasteiger partial charge in [0.05, 0.1) is 6.21 Å². The number of nitrogens with one attached hydrogen (secondary N) is 2.